The Balaban J connectivity index is 1.21. The highest BCUT2D eigenvalue weighted by atomic mass is 79.9. The van der Waals surface area contributed by atoms with E-state index in [2.05, 4.69) is 189 Å². The van der Waals surface area contributed by atoms with Gasteiger partial charge in [0.2, 0.25) is 0 Å². The average Bonchev–Trinajstić information content (AvgIpc) is 3.61. The van der Waals surface area contributed by atoms with Crippen LogP contribution in [-0.2, 0) is 0 Å². The van der Waals surface area contributed by atoms with Gasteiger partial charge in [-0.15, -0.1) is 0 Å². The van der Waals surface area contributed by atoms with Gasteiger partial charge in [0, 0.05) is 37.4 Å². The van der Waals surface area contributed by atoms with E-state index in [-0.39, 0.29) is 0 Å². The SMILES string of the molecule is Brc1cc(-c2ccc3c(c2)c2ccccc2n3-c2ccccc2)cc(-c2ccc3c4ccccc4n(-c4ccccc4)c3c2)c1. The van der Waals surface area contributed by atoms with Gasteiger partial charge >= 0.3 is 0 Å². The van der Waals surface area contributed by atoms with Crippen molar-refractivity contribution in [3.8, 4) is 33.6 Å². The van der Waals surface area contributed by atoms with Crippen molar-refractivity contribution in [3.63, 3.8) is 0 Å². The topological polar surface area (TPSA) is 9.86 Å². The molecule has 0 N–H and O–H groups in total. The second kappa shape index (κ2) is 10.4. The first kappa shape index (κ1) is 26.1. The number of hydrogen-bond acceptors (Lipinski definition) is 0. The molecule has 9 rings (SSSR count). The Morgan fingerprint density at radius 1 is 0.311 bits per heavy atom. The summed E-state index contributed by atoms with van der Waals surface area (Å²) < 4.78 is 5.80. The van der Waals surface area contributed by atoms with Crippen LogP contribution in [0.5, 0.6) is 0 Å². The Hall–Kier alpha value is -5.38. The highest BCUT2D eigenvalue weighted by molar-refractivity contribution is 9.10. The Kier molecular flexibility index (Phi) is 6.00. The molecule has 0 saturated heterocycles. The van der Waals surface area contributed by atoms with Crippen LogP contribution in [0.4, 0.5) is 0 Å². The van der Waals surface area contributed by atoms with Crippen LogP contribution in [0.1, 0.15) is 0 Å². The van der Waals surface area contributed by atoms with Gasteiger partial charge in [-0.05, 0) is 95.1 Å². The van der Waals surface area contributed by atoms with Crippen LogP contribution >= 0.6 is 15.9 Å². The third-order valence-corrected chi connectivity index (χ3v) is 9.40. The van der Waals surface area contributed by atoms with Crippen LogP contribution in [0.15, 0.2) is 168 Å². The van der Waals surface area contributed by atoms with Crippen molar-refractivity contribution in [2.45, 2.75) is 0 Å². The highest BCUT2D eigenvalue weighted by Gasteiger charge is 2.16. The van der Waals surface area contributed by atoms with Crippen LogP contribution in [0.2, 0.25) is 0 Å². The number of rotatable bonds is 4. The molecule has 0 atom stereocenters. The number of benzene rings is 7. The quantitative estimate of drug-likeness (QED) is 0.181. The Labute approximate surface area is 269 Å². The predicted molar refractivity (Wildman–Crippen MR) is 194 cm³/mol. The summed E-state index contributed by atoms with van der Waals surface area (Å²) in [6.45, 7) is 0. The lowest BCUT2D eigenvalue weighted by Gasteiger charge is -2.11. The average molecular weight is 640 g/mol. The minimum absolute atomic E-state index is 1.06. The maximum Gasteiger partial charge on any atom is 0.0547 e. The van der Waals surface area contributed by atoms with E-state index in [1.54, 1.807) is 0 Å². The zero-order valence-electron chi connectivity index (χ0n) is 24.4. The summed E-state index contributed by atoms with van der Waals surface area (Å²) in [6.07, 6.45) is 0. The lowest BCUT2D eigenvalue weighted by atomic mass is 9.97. The maximum atomic E-state index is 3.85. The third-order valence-electron chi connectivity index (χ3n) is 8.94. The van der Waals surface area contributed by atoms with Crippen LogP contribution in [0.25, 0.3) is 77.2 Å². The van der Waals surface area contributed by atoms with Gasteiger partial charge in [-0.2, -0.15) is 0 Å². The zero-order chi connectivity index (χ0) is 29.9. The summed E-state index contributed by atoms with van der Waals surface area (Å²) >= 11 is 3.85. The van der Waals surface area contributed by atoms with Crippen molar-refractivity contribution in [3.05, 3.63) is 168 Å². The number of halogens is 1. The molecule has 0 aliphatic rings. The van der Waals surface area contributed by atoms with Gasteiger partial charge in [-0.25, -0.2) is 0 Å². The molecule has 0 saturated carbocycles. The van der Waals surface area contributed by atoms with E-state index in [0.717, 1.165) is 4.47 Å². The smallest absolute Gasteiger partial charge is 0.0547 e. The summed E-state index contributed by atoms with van der Waals surface area (Å²) in [6, 6.07) is 59.1. The summed E-state index contributed by atoms with van der Waals surface area (Å²) in [4.78, 5) is 0. The molecule has 2 nitrogen and oxygen atoms in total. The van der Waals surface area contributed by atoms with Crippen molar-refractivity contribution in [1.82, 2.24) is 9.13 Å². The van der Waals surface area contributed by atoms with Crippen molar-refractivity contribution in [2.75, 3.05) is 0 Å². The number of para-hydroxylation sites is 4. The van der Waals surface area contributed by atoms with E-state index in [9.17, 15) is 0 Å². The fourth-order valence-corrected chi connectivity index (χ4v) is 7.43. The van der Waals surface area contributed by atoms with Gasteiger partial charge in [0.1, 0.15) is 0 Å². The van der Waals surface area contributed by atoms with E-state index in [4.69, 9.17) is 0 Å². The second-order valence-electron chi connectivity index (χ2n) is 11.6. The molecule has 0 spiro atoms. The fraction of sp³-hybridized carbons (Fsp3) is 0. The molecule has 2 aromatic heterocycles. The number of nitrogens with zero attached hydrogens (tertiary/aromatic N) is 2. The number of fused-ring (bicyclic) bond motifs is 6. The first-order valence-corrected chi connectivity index (χ1v) is 16.0. The highest BCUT2D eigenvalue weighted by Crippen LogP contribution is 2.39. The normalized spacial score (nSPS) is 11.7. The largest absolute Gasteiger partial charge is 0.309 e. The van der Waals surface area contributed by atoms with E-state index >= 15 is 0 Å². The molecule has 0 bridgehead atoms. The van der Waals surface area contributed by atoms with Crippen molar-refractivity contribution in [2.24, 2.45) is 0 Å². The summed E-state index contributed by atoms with van der Waals surface area (Å²) in [7, 11) is 0. The van der Waals surface area contributed by atoms with Crippen LogP contribution < -0.4 is 0 Å². The molecule has 0 fully saturated rings. The van der Waals surface area contributed by atoms with Gasteiger partial charge in [-0.1, -0.05) is 107 Å². The first-order valence-electron chi connectivity index (χ1n) is 15.2. The standard InChI is InChI=1S/C42H27BrN2/c43-32-24-30(28-20-22-41-38(26-28)36-16-8-10-18-40(36)44(41)33-11-3-1-4-12-33)23-31(25-32)29-19-21-37-35-15-7-9-17-39(35)45(42(37)27-29)34-13-5-2-6-14-34/h1-27H. The Morgan fingerprint density at radius 3 is 1.42 bits per heavy atom. The lowest BCUT2D eigenvalue weighted by Crippen LogP contribution is -1.93. The minimum atomic E-state index is 1.06. The molecule has 0 amide bonds. The lowest BCUT2D eigenvalue weighted by molar-refractivity contribution is 1.18. The molecule has 0 radical (unpaired) electrons. The monoisotopic (exact) mass is 638 g/mol. The molecule has 3 heteroatoms. The van der Waals surface area contributed by atoms with Crippen LogP contribution in [0, 0.1) is 0 Å². The molecular weight excluding hydrogens is 612 g/mol. The molecule has 212 valence electrons. The minimum Gasteiger partial charge on any atom is -0.309 e. The van der Waals surface area contributed by atoms with E-state index < -0.39 is 0 Å². The van der Waals surface area contributed by atoms with E-state index in [0.29, 0.717) is 0 Å². The summed E-state index contributed by atoms with van der Waals surface area (Å²) in [5, 5.41) is 5.03. The molecule has 45 heavy (non-hydrogen) atoms. The van der Waals surface area contributed by atoms with Gasteiger partial charge in [-0.3, -0.25) is 0 Å². The molecular formula is C42H27BrN2. The van der Waals surface area contributed by atoms with Gasteiger partial charge in [0.15, 0.2) is 0 Å². The Bertz CT molecular complexity index is 2540. The van der Waals surface area contributed by atoms with E-state index in [1.165, 1.54) is 77.2 Å². The van der Waals surface area contributed by atoms with Gasteiger partial charge < -0.3 is 9.13 Å². The summed E-state index contributed by atoms with van der Waals surface area (Å²) in [5.74, 6) is 0. The zero-order valence-corrected chi connectivity index (χ0v) is 25.9. The van der Waals surface area contributed by atoms with Crippen LogP contribution in [-0.4, -0.2) is 9.13 Å². The van der Waals surface area contributed by atoms with Crippen LogP contribution in [0.3, 0.4) is 0 Å². The fourth-order valence-electron chi connectivity index (χ4n) is 6.94. The number of aromatic nitrogens is 2. The molecule has 9 aromatic rings. The first-order chi connectivity index (χ1) is 22.2. The molecule has 0 aliphatic carbocycles. The predicted octanol–water partition coefficient (Wildman–Crippen LogP) is 12.0. The second-order valence-corrected chi connectivity index (χ2v) is 12.5. The molecule has 0 aliphatic heterocycles. The summed E-state index contributed by atoms with van der Waals surface area (Å²) in [5.41, 5.74) is 11.9. The molecule has 7 aromatic carbocycles. The molecule has 2 heterocycles. The van der Waals surface area contributed by atoms with E-state index in [1.807, 2.05) is 0 Å². The Morgan fingerprint density at radius 2 is 0.778 bits per heavy atom. The van der Waals surface area contributed by atoms with Crippen molar-refractivity contribution >= 4 is 59.5 Å². The number of hydrogen-bond donors (Lipinski definition) is 0. The van der Waals surface area contributed by atoms with Crippen molar-refractivity contribution < 1.29 is 0 Å². The van der Waals surface area contributed by atoms with Crippen molar-refractivity contribution in [1.29, 1.82) is 0 Å². The molecule has 0 unspecified atom stereocenters. The third kappa shape index (κ3) is 4.23. The maximum absolute atomic E-state index is 3.85. The van der Waals surface area contributed by atoms with Gasteiger partial charge in [0.25, 0.3) is 0 Å². The van der Waals surface area contributed by atoms with Gasteiger partial charge in [0.05, 0.1) is 22.1 Å².